The molecular weight excluding hydrogens is 432 g/mol. The molecule has 0 radical (unpaired) electrons. The van der Waals surface area contributed by atoms with Gasteiger partial charge in [-0.2, -0.15) is 0 Å². The summed E-state index contributed by atoms with van der Waals surface area (Å²) in [5.74, 6) is -1.19. The van der Waals surface area contributed by atoms with Crippen molar-refractivity contribution in [2.24, 2.45) is 0 Å². The van der Waals surface area contributed by atoms with Gasteiger partial charge < -0.3 is 20.5 Å². The van der Waals surface area contributed by atoms with Crippen molar-refractivity contribution in [1.82, 2.24) is 10.6 Å². The fourth-order valence-corrected chi connectivity index (χ4v) is 4.22. The molecule has 7 nitrogen and oxygen atoms in total. The van der Waals surface area contributed by atoms with Crippen LogP contribution in [0.25, 0.3) is 11.1 Å². The van der Waals surface area contributed by atoms with Crippen LogP contribution in [0.5, 0.6) is 0 Å². The van der Waals surface area contributed by atoms with Crippen LogP contribution in [0.2, 0.25) is 0 Å². The van der Waals surface area contributed by atoms with Gasteiger partial charge in [0, 0.05) is 25.4 Å². The summed E-state index contributed by atoms with van der Waals surface area (Å²) in [4.78, 5) is 35.2. The molecule has 1 aliphatic carbocycles. The number of benzene rings is 3. The summed E-state index contributed by atoms with van der Waals surface area (Å²) in [5.41, 5.74) is 5.67. The largest absolute Gasteiger partial charge is 0.478 e. The standard InChI is InChI=1S/C27H26N2O5/c30-25(28-14-12-18-6-5-7-19(16-18)26(31)32)13-15-29-27(33)34-17-24-22-10-3-1-8-20(22)21-9-2-4-11-23(21)24/h1-11,16,24H,12-15,17H2,(H,28,30)(H,29,33)(H,31,32). The normalized spacial score (nSPS) is 11.9. The van der Waals surface area contributed by atoms with E-state index in [4.69, 9.17) is 9.84 Å². The molecule has 7 heteroatoms. The Labute approximate surface area is 197 Å². The first-order valence-corrected chi connectivity index (χ1v) is 11.2. The van der Waals surface area contributed by atoms with Crippen molar-refractivity contribution in [2.75, 3.05) is 19.7 Å². The summed E-state index contributed by atoms with van der Waals surface area (Å²) in [6, 6.07) is 22.9. The van der Waals surface area contributed by atoms with Crippen LogP contribution < -0.4 is 10.6 Å². The average Bonchev–Trinajstić information content (AvgIpc) is 3.16. The zero-order valence-corrected chi connectivity index (χ0v) is 18.6. The van der Waals surface area contributed by atoms with Gasteiger partial charge in [-0.3, -0.25) is 4.79 Å². The fourth-order valence-electron chi connectivity index (χ4n) is 4.22. The molecule has 0 heterocycles. The number of nitrogens with one attached hydrogen (secondary N) is 2. The second kappa shape index (κ2) is 10.7. The van der Waals surface area contributed by atoms with Crippen molar-refractivity contribution in [2.45, 2.75) is 18.8 Å². The second-order valence-electron chi connectivity index (χ2n) is 8.11. The zero-order chi connectivity index (χ0) is 23.9. The molecule has 1 aliphatic rings. The van der Waals surface area contributed by atoms with Crippen LogP contribution >= 0.6 is 0 Å². The fraction of sp³-hybridized carbons (Fsp3) is 0.222. The molecule has 0 spiro atoms. The molecule has 34 heavy (non-hydrogen) atoms. The Bertz CT molecular complexity index is 1160. The molecular formula is C27H26N2O5. The van der Waals surface area contributed by atoms with E-state index in [0.717, 1.165) is 16.7 Å². The predicted octanol–water partition coefficient (Wildman–Crippen LogP) is 3.97. The van der Waals surface area contributed by atoms with E-state index in [-0.39, 0.29) is 37.0 Å². The van der Waals surface area contributed by atoms with Crippen LogP contribution in [-0.2, 0) is 16.0 Å². The number of rotatable bonds is 9. The summed E-state index contributed by atoms with van der Waals surface area (Å²) in [6.07, 6.45) is 0.0895. The third-order valence-corrected chi connectivity index (χ3v) is 5.87. The van der Waals surface area contributed by atoms with E-state index in [2.05, 4.69) is 34.9 Å². The lowest BCUT2D eigenvalue weighted by Gasteiger charge is -2.14. The van der Waals surface area contributed by atoms with E-state index in [9.17, 15) is 14.4 Å². The molecule has 0 bridgehead atoms. The Kier molecular flexibility index (Phi) is 7.22. The number of carboxylic acids is 1. The van der Waals surface area contributed by atoms with Crippen LogP contribution in [0.4, 0.5) is 4.79 Å². The van der Waals surface area contributed by atoms with Crippen molar-refractivity contribution < 1.29 is 24.2 Å². The molecule has 2 amide bonds. The molecule has 0 aromatic heterocycles. The van der Waals surface area contributed by atoms with E-state index in [1.807, 2.05) is 30.3 Å². The van der Waals surface area contributed by atoms with E-state index in [0.29, 0.717) is 13.0 Å². The number of ether oxygens (including phenoxy) is 1. The second-order valence-corrected chi connectivity index (χ2v) is 8.11. The lowest BCUT2D eigenvalue weighted by molar-refractivity contribution is -0.120. The minimum Gasteiger partial charge on any atom is -0.478 e. The summed E-state index contributed by atoms with van der Waals surface area (Å²) in [5, 5.41) is 14.4. The van der Waals surface area contributed by atoms with Gasteiger partial charge in [-0.15, -0.1) is 0 Å². The number of aromatic carboxylic acids is 1. The first-order chi connectivity index (χ1) is 16.5. The minimum absolute atomic E-state index is 0.0129. The van der Waals surface area contributed by atoms with Gasteiger partial charge in [0.05, 0.1) is 5.56 Å². The number of carboxylic acid groups (broad SMARTS) is 1. The number of alkyl carbamates (subject to hydrolysis) is 1. The third-order valence-electron chi connectivity index (χ3n) is 5.87. The number of carbonyl (C=O) groups is 3. The van der Waals surface area contributed by atoms with Crippen LogP contribution in [0.1, 0.15) is 39.4 Å². The van der Waals surface area contributed by atoms with Gasteiger partial charge in [-0.25, -0.2) is 9.59 Å². The summed E-state index contributed by atoms with van der Waals surface area (Å²) < 4.78 is 5.46. The molecule has 3 aromatic rings. The summed E-state index contributed by atoms with van der Waals surface area (Å²) in [6.45, 7) is 0.769. The van der Waals surface area contributed by atoms with Crippen molar-refractivity contribution >= 4 is 18.0 Å². The van der Waals surface area contributed by atoms with Gasteiger partial charge in [0.2, 0.25) is 5.91 Å². The van der Waals surface area contributed by atoms with E-state index in [1.165, 1.54) is 17.2 Å². The first kappa shape index (κ1) is 23.0. The van der Waals surface area contributed by atoms with Gasteiger partial charge >= 0.3 is 12.1 Å². The predicted molar refractivity (Wildman–Crippen MR) is 128 cm³/mol. The van der Waals surface area contributed by atoms with Crippen LogP contribution in [0, 0.1) is 0 Å². The van der Waals surface area contributed by atoms with Crippen molar-refractivity contribution in [3.63, 3.8) is 0 Å². The van der Waals surface area contributed by atoms with Crippen LogP contribution in [0.15, 0.2) is 72.8 Å². The highest BCUT2D eigenvalue weighted by Crippen LogP contribution is 2.44. The topological polar surface area (TPSA) is 105 Å². The van der Waals surface area contributed by atoms with E-state index in [1.54, 1.807) is 12.1 Å². The van der Waals surface area contributed by atoms with E-state index >= 15 is 0 Å². The van der Waals surface area contributed by atoms with Gasteiger partial charge in [0.1, 0.15) is 6.61 Å². The molecule has 0 saturated carbocycles. The number of hydrogen-bond donors (Lipinski definition) is 3. The van der Waals surface area contributed by atoms with Crippen LogP contribution in [0.3, 0.4) is 0 Å². The smallest absolute Gasteiger partial charge is 0.407 e. The Hall–Kier alpha value is -4.13. The minimum atomic E-state index is -0.981. The zero-order valence-electron chi connectivity index (χ0n) is 18.6. The van der Waals surface area contributed by atoms with Gasteiger partial charge in [0.15, 0.2) is 0 Å². The molecule has 0 saturated heterocycles. The molecule has 3 aromatic carbocycles. The molecule has 3 N–H and O–H groups in total. The van der Waals surface area contributed by atoms with Crippen molar-refractivity contribution in [3.8, 4) is 11.1 Å². The van der Waals surface area contributed by atoms with Gasteiger partial charge in [-0.05, 0) is 46.4 Å². The number of fused-ring (bicyclic) bond motifs is 3. The van der Waals surface area contributed by atoms with Crippen LogP contribution in [-0.4, -0.2) is 42.8 Å². The summed E-state index contributed by atoms with van der Waals surface area (Å²) in [7, 11) is 0. The maximum Gasteiger partial charge on any atom is 0.407 e. The Balaban J connectivity index is 1.18. The lowest BCUT2D eigenvalue weighted by Crippen LogP contribution is -2.32. The maximum atomic E-state index is 12.2. The lowest BCUT2D eigenvalue weighted by atomic mass is 9.98. The molecule has 0 atom stereocenters. The molecule has 0 unspecified atom stereocenters. The van der Waals surface area contributed by atoms with Crippen molar-refractivity contribution in [3.05, 3.63) is 95.1 Å². The van der Waals surface area contributed by atoms with E-state index < -0.39 is 12.1 Å². The SMILES string of the molecule is O=C(CCNC(=O)OCC1c2ccccc2-c2ccccc21)NCCc1cccc(C(=O)O)c1. The number of carbonyl (C=O) groups excluding carboxylic acids is 2. The first-order valence-electron chi connectivity index (χ1n) is 11.2. The highest BCUT2D eigenvalue weighted by molar-refractivity contribution is 5.87. The van der Waals surface area contributed by atoms with Gasteiger partial charge in [-0.1, -0.05) is 60.7 Å². The highest BCUT2D eigenvalue weighted by Gasteiger charge is 2.28. The molecule has 0 aliphatic heterocycles. The van der Waals surface area contributed by atoms with Gasteiger partial charge in [0.25, 0.3) is 0 Å². The molecule has 0 fully saturated rings. The average molecular weight is 459 g/mol. The Morgan fingerprint density at radius 3 is 2.18 bits per heavy atom. The number of amides is 2. The molecule has 4 rings (SSSR count). The third kappa shape index (κ3) is 5.43. The number of hydrogen-bond acceptors (Lipinski definition) is 4. The maximum absolute atomic E-state index is 12.2. The Morgan fingerprint density at radius 1 is 0.824 bits per heavy atom. The highest BCUT2D eigenvalue weighted by atomic mass is 16.5. The summed E-state index contributed by atoms with van der Waals surface area (Å²) >= 11 is 0. The van der Waals surface area contributed by atoms with Crippen molar-refractivity contribution in [1.29, 1.82) is 0 Å². The Morgan fingerprint density at radius 2 is 1.50 bits per heavy atom. The molecule has 174 valence electrons. The monoisotopic (exact) mass is 458 g/mol. The quantitative estimate of drug-likeness (QED) is 0.450.